The quantitative estimate of drug-likeness (QED) is 0.838. The summed E-state index contributed by atoms with van der Waals surface area (Å²) in [5.41, 5.74) is 3.36. The number of hydrogen-bond donors (Lipinski definition) is 1. The lowest BCUT2D eigenvalue weighted by atomic mass is 10.1. The number of rotatable bonds is 7. The van der Waals surface area contributed by atoms with Crippen molar-refractivity contribution in [3.63, 3.8) is 0 Å². The van der Waals surface area contributed by atoms with E-state index in [9.17, 15) is 13.6 Å². The molecule has 0 aliphatic carbocycles. The number of nitrogens with zero attached hydrogens (tertiary/aromatic N) is 1. The van der Waals surface area contributed by atoms with Gasteiger partial charge in [-0.15, -0.1) is 0 Å². The maximum Gasteiger partial charge on any atom is 0.387 e. The van der Waals surface area contributed by atoms with E-state index in [1.165, 1.54) is 17.7 Å². The second-order valence-corrected chi connectivity index (χ2v) is 5.92. The van der Waals surface area contributed by atoms with E-state index in [1.807, 2.05) is 18.2 Å². The minimum Gasteiger partial charge on any atom is -0.435 e. The van der Waals surface area contributed by atoms with E-state index < -0.39 is 6.61 Å². The Kier molecular flexibility index (Phi) is 5.48. The van der Waals surface area contributed by atoms with Gasteiger partial charge < -0.3 is 15.0 Å². The number of halogens is 2. The molecule has 0 atom stereocenters. The normalized spacial score (nSPS) is 13.0. The summed E-state index contributed by atoms with van der Waals surface area (Å²) in [5.74, 6) is 0.116. The fraction of sp³-hybridized carbons (Fsp3) is 0.316. The van der Waals surface area contributed by atoms with Crippen molar-refractivity contribution in [1.29, 1.82) is 0 Å². The van der Waals surface area contributed by atoms with Crippen LogP contribution in [-0.2, 0) is 17.6 Å². The van der Waals surface area contributed by atoms with Gasteiger partial charge in [0.2, 0.25) is 5.91 Å². The van der Waals surface area contributed by atoms with Crippen LogP contribution in [0.25, 0.3) is 0 Å². The maximum absolute atomic E-state index is 12.1. The van der Waals surface area contributed by atoms with Gasteiger partial charge in [0.1, 0.15) is 5.75 Å². The lowest BCUT2D eigenvalue weighted by Gasteiger charge is -2.18. The summed E-state index contributed by atoms with van der Waals surface area (Å²) in [6.07, 6.45) is 1.60. The van der Waals surface area contributed by atoms with Crippen molar-refractivity contribution in [1.82, 2.24) is 5.32 Å². The van der Waals surface area contributed by atoms with Crippen molar-refractivity contribution in [3.8, 4) is 5.75 Å². The summed E-state index contributed by atoms with van der Waals surface area (Å²) in [4.78, 5) is 14.2. The zero-order chi connectivity index (χ0) is 17.6. The summed E-state index contributed by atoms with van der Waals surface area (Å²) in [5, 5.41) is 2.90. The van der Waals surface area contributed by atoms with Crippen LogP contribution in [0.2, 0.25) is 0 Å². The second-order valence-electron chi connectivity index (χ2n) is 5.92. The largest absolute Gasteiger partial charge is 0.435 e. The van der Waals surface area contributed by atoms with Crippen molar-refractivity contribution >= 4 is 11.6 Å². The van der Waals surface area contributed by atoms with Crippen LogP contribution in [0.5, 0.6) is 5.75 Å². The predicted molar refractivity (Wildman–Crippen MR) is 92.1 cm³/mol. The van der Waals surface area contributed by atoms with Crippen LogP contribution in [0.4, 0.5) is 14.5 Å². The number of nitrogens with one attached hydrogen (secondary N) is 1. The fourth-order valence-corrected chi connectivity index (χ4v) is 2.98. The van der Waals surface area contributed by atoms with Crippen molar-refractivity contribution in [2.24, 2.45) is 0 Å². The molecule has 1 amide bonds. The maximum atomic E-state index is 12.1. The van der Waals surface area contributed by atoms with Crippen LogP contribution in [0.15, 0.2) is 48.5 Å². The van der Waals surface area contributed by atoms with Gasteiger partial charge in [-0.2, -0.15) is 8.78 Å². The summed E-state index contributed by atoms with van der Waals surface area (Å²) in [7, 11) is 0. The number of anilines is 1. The van der Waals surface area contributed by atoms with E-state index in [0.29, 0.717) is 19.5 Å². The molecule has 6 heteroatoms. The second kappa shape index (κ2) is 7.96. The number of alkyl halides is 2. The van der Waals surface area contributed by atoms with Crippen LogP contribution < -0.4 is 15.0 Å². The van der Waals surface area contributed by atoms with Gasteiger partial charge in [-0.1, -0.05) is 30.3 Å². The Hall–Kier alpha value is -2.63. The molecule has 0 fully saturated rings. The molecule has 0 saturated heterocycles. The minimum atomic E-state index is -2.82. The van der Waals surface area contributed by atoms with Crippen molar-refractivity contribution in [3.05, 3.63) is 59.7 Å². The molecule has 2 aromatic rings. The molecule has 0 radical (unpaired) electrons. The highest BCUT2D eigenvalue weighted by molar-refractivity contribution is 5.82. The molecular weight excluding hydrogens is 326 g/mol. The molecule has 132 valence electrons. The third kappa shape index (κ3) is 4.68. The van der Waals surface area contributed by atoms with Gasteiger partial charge in [-0.25, -0.2) is 0 Å². The van der Waals surface area contributed by atoms with Crippen LogP contribution in [0.1, 0.15) is 11.1 Å². The molecule has 0 saturated carbocycles. The van der Waals surface area contributed by atoms with Crippen molar-refractivity contribution in [2.45, 2.75) is 19.5 Å². The number of amides is 1. The van der Waals surface area contributed by atoms with E-state index >= 15 is 0 Å². The minimum absolute atomic E-state index is 0.0191. The van der Waals surface area contributed by atoms with Gasteiger partial charge in [0.25, 0.3) is 0 Å². The SMILES string of the molecule is O=C(CN1CCc2ccccc21)NCCc1ccc(OC(F)F)cc1. The lowest BCUT2D eigenvalue weighted by molar-refractivity contribution is -0.119. The van der Waals surface area contributed by atoms with Gasteiger partial charge in [-0.05, 0) is 42.2 Å². The Bertz CT molecular complexity index is 720. The predicted octanol–water partition coefficient (Wildman–Crippen LogP) is 3.01. The molecule has 3 rings (SSSR count). The number of ether oxygens (including phenoxy) is 1. The first-order valence-corrected chi connectivity index (χ1v) is 8.25. The number of fused-ring (bicyclic) bond motifs is 1. The van der Waals surface area contributed by atoms with Crippen LogP contribution in [-0.4, -0.2) is 32.2 Å². The molecule has 4 nitrogen and oxygen atoms in total. The number of benzene rings is 2. The molecule has 0 aromatic heterocycles. The molecule has 0 bridgehead atoms. The summed E-state index contributed by atoms with van der Waals surface area (Å²) >= 11 is 0. The summed E-state index contributed by atoms with van der Waals surface area (Å²) in [6, 6.07) is 14.6. The third-order valence-electron chi connectivity index (χ3n) is 4.20. The van der Waals surface area contributed by atoms with E-state index in [-0.39, 0.29) is 11.7 Å². The fourth-order valence-electron chi connectivity index (χ4n) is 2.98. The smallest absolute Gasteiger partial charge is 0.387 e. The monoisotopic (exact) mass is 346 g/mol. The van der Waals surface area contributed by atoms with E-state index in [0.717, 1.165) is 24.2 Å². The molecule has 1 N–H and O–H groups in total. The molecule has 0 spiro atoms. The first kappa shape index (κ1) is 17.2. The topological polar surface area (TPSA) is 41.6 Å². The van der Waals surface area contributed by atoms with Gasteiger partial charge in [0.15, 0.2) is 0 Å². The Morgan fingerprint density at radius 1 is 1.16 bits per heavy atom. The molecule has 1 aliphatic heterocycles. The Labute approximate surface area is 145 Å². The average Bonchev–Trinajstić information content (AvgIpc) is 2.99. The Morgan fingerprint density at radius 3 is 2.68 bits per heavy atom. The zero-order valence-electron chi connectivity index (χ0n) is 13.8. The van der Waals surface area contributed by atoms with Gasteiger partial charge in [0.05, 0.1) is 6.54 Å². The van der Waals surface area contributed by atoms with E-state index in [4.69, 9.17) is 0 Å². The number of carbonyl (C=O) groups is 1. The highest BCUT2D eigenvalue weighted by Crippen LogP contribution is 2.26. The van der Waals surface area contributed by atoms with E-state index in [2.05, 4.69) is 21.0 Å². The lowest BCUT2D eigenvalue weighted by Crippen LogP contribution is -2.37. The van der Waals surface area contributed by atoms with Crippen LogP contribution in [0.3, 0.4) is 0 Å². The number of para-hydroxylation sites is 1. The summed E-state index contributed by atoms with van der Waals surface area (Å²) < 4.78 is 28.5. The van der Waals surface area contributed by atoms with E-state index in [1.54, 1.807) is 12.1 Å². The molecule has 1 heterocycles. The highest BCUT2D eigenvalue weighted by atomic mass is 19.3. The molecule has 25 heavy (non-hydrogen) atoms. The van der Waals surface area contributed by atoms with Gasteiger partial charge in [0, 0.05) is 18.8 Å². The van der Waals surface area contributed by atoms with Gasteiger partial charge >= 0.3 is 6.61 Å². The number of carbonyl (C=O) groups excluding carboxylic acids is 1. The summed E-state index contributed by atoms with van der Waals surface area (Å²) in [6.45, 7) is -1.11. The molecule has 2 aromatic carbocycles. The first-order valence-electron chi connectivity index (χ1n) is 8.25. The van der Waals surface area contributed by atoms with Crippen LogP contribution in [0, 0.1) is 0 Å². The van der Waals surface area contributed by atoms with Gasteiger partial charge in [-0.3, -0.25) is 4.79 Å². The number of hydrogen-bond acceptors (Lipinski definition) is 3. The molecule has 0 unspecified atom stereocenters. The van der Waals surface area contributed by atoms with Crippen molar-refractivity contribution < 1.29 is 18.3 Å². The highest BCUT2D eigenvalue weighted by Gasteiger charge is 2.20. The Balaban J connectivity index is 1.43. The first-order chi connectivity index (χ1) is 12.1. The molecule has 1 aliphatic rings. The zero-order valence-corrected chi connectivity index (χ0v) is 13.8. The standard InChI is InChI=1S/C19H20F2N2O2/c20-19(21)25-16-7-5-14(6-8-16)9-11-22-18(24)13-23-12-10-15-3-1-2-4-17(15)23/h1-8,19H,9-13H2,(H,22,24). The average molecular weight is 346 g/mol. The van der Waals surface area contributed by atoms with Crippen molar-refractivity contribution in [2.75, 3.05) is 24.5 Å². The Morgan fingerprint density at radius 2 is 1.92 bits per heavy atom. The molecular formula is C19H20F2N2O2. The third-order valence-corrected chi connectivity index (χ3v) is 4.20. The van der Waals surface area contributed by atoms with Crippen LogP contribution >= 0.6 is 0 Å².